The van der Waals surface area contributed by atoms with Gasteiger partial charge in [-0.2, -0.15) is 4.68 Å². The van der Waals surface area contributed by atoms with Gasteiger partial charge in [-0.15, -0.1) is 5.10 Å². The van der Waals surface area contributed by atoms with Crippen LogP contribution in [0.1, 0.15) is 30.3 Å². The van der Waals surface area contributed by atoms with Crippen molar-refractivity contribution in [2.45, 2.75) is 25.9 Å². The van der Waals surface area contributed by atoms with Crippen LogP contribution in [0, 0.1) is 6.92 Å². The van der Waals surface area contributed by atoms with Gasteiger partial charge in [0.05, 0.1) is 22.3 Å². The van der Waals surface area contributed by atoms with Gasteiger partial charge in [0.1, 0.15) is 12.4 Å². The third-order valence-corrected chi connectivity index (χ3v) is 5.06. The molecule has 4 aromatic rings. The molecule has 4 heterocycles. The number of nitrogens with zero attached hydrogens (tertiary/aromatic N) is 6. The van der Waals surface area contributed by atoms with Gasteiger partial charge in [0.15, 0.2) is 11.5 Å². The summed E-state index contributed by atoms with van der Waals surface area (Å²) in [5.74, 6) is 0.585. The number of aromatic nitrogens is 6. The highest BCUT2D eigenvalue weighted by Gasteiger charge is 2.27. The van der Waals surface area contributed by atoms with Gasteiger partial charge < -0.3 is 4.74 Å². The van der Waals surface area contributed by atoms with E-state index in [-0.39, 0.29) is 11.7 Å². The zero-order chi connectivity index (χ0) is 17.8. The van der Waals surface area contributed by atoms with Crippen molar-refractivity contribution in [2.75, 3.05) is 6.61 Å². The summed E-state index contributed by atoms with van der Waals surface area (Å²) >= 11 is 0. The van der Waals surface area contributed by atoms with Crippen LogP contribution in [0.2, 0.25) is 0 Å². The number of hydrogen-bond donors (Lipinski definition) is 0. The number of para-hydroxylation sites is 1. The maximum Gasteiger partial charge on any atom is 0.261 e. The first kappa shape index (κ1) is 15.3. The van der Waals surface area contributed by atoms with Crippen LogP contribution in [-0.4, -0.2) is 35.6 Å². The smallest absolute Gasteiger partial charge is 0.261 e. The highest BCUT2D eigenvalue weighted by molar-refractivity contribution is 5.82. The van der Waals surface area contributed by atoms with Gasteiger partial charge in [0.2, 0.25) is 0 Å². The molecule has 8 heteroatoms. The second-order valence-electron chi connectivity index (χ2n) is 6.62. The maximum absolute atomic E-state index is 12.8. The molecule has 1 atom stereocenters. The van der Waals surface area contributed by atoms with Gasteiger partial charge in [-0.05, 0) is 31.9 Å². The fourth-order valence-corrected chi connectivity index (χ4v) is 3.79. The lowest BCUT2D eigenvalue weighted by Crippen LogP contribution is -2.21. The molecule has 0 aliphatic carbocycles. The molecule has 26 heavy (non-hydrogen) atoms. The SMILES string of the molecule is Cc1nnn(-c2ncn3c4ccccc4c(=O)n(C)c23)c1C1CCCO1. The van der Waals surface area contributed by atoms with E-state index in [0.29, 0.717) is 16.9 Å². The number of rotatable bonds is 2. The second-order valence-corrected chi connectivity index (χ2v) is 6.62. The quantitative estimate of drug-likeness (QED) is 0.552. The first-order valence-corrected chi connectivity index (χ1v) is 8.66. The summed E-state index contributed by atoms with van der Waals surface area (Å²) in [4.78, 5) is 17.4. The van der Waals surface area contributed by atoms with E-state index in [0.717, 1.165) is 36.4 Å². The van der Waals surface area contributed by atoms with Crippen molar-refractivity contribution >= 4 is 16.6 Å². The topological polar surface area (TPSA) is 79.2 Å². The summed E-state index contributed by atoms with van der Waals surface area (Å²) in [6.45, 7) is 2.66. The highest BCUT2D eigenvalue weighted by atomic mass is 16.5. The molecule has 0 spiro atoms. The molecule has 3 aromatic heterocycles. The Kier molecular flexibility index (Phi) is 3.23. The summed E-state index contributed by atoms with van der Waals surface area (Å²) in [6.07, 6.45) is 3.63. The van der Waals surface area contributed by atoms with Crippen molar-refractivity contribution in [1.29, 1.82) is 0 Å². The Morgan fingerprint density at radius 3 is 2.92 bits per heavy atom. The van der Waals surface area contributed by atoms with E-state index in [1.165, 1.54) is 0 Å². The molecular formula is C18H18N6O2. The Morgan fingerprint density at radius 2 is 2.12 bits per heavy atom. The lowest BCUT2D eigenvalue weighted by molar-refractivity contribution is 0.106. The van der Waals surface area contributed by atoms with Crippen LogP contribution < -0.4 is 5.56 Å². The first-order valence-electron chi connectivity index (χ1n) is 8.66. The number of ether oxygens (including phenoxy) is 1. The lowest BCUT2D eigenvalue weighted by atomic mass is 10.1. The fraction of sp³-hybridized carbons (Fsp3) is 0.333. The van der Waals surface area contributed by atoms with E-state index < -0.39 is 0 Å². The van der Waals surface area contributed by atoms with E-state index in [1.807, 2.05) is 35.6 Å². The minimum Gasteiger partial charge on any atom is -0.372 e. The lowest BCUT2D eigenvalue weighted by Gasteiger charge is -2.13. The molecule has 0 saturated carbocycles. The Hall–Kier alpha value is -3.00. The molecule has 0 N–H and O–H groups in total. The zero-order valence-electron chi connectivity index (χ0n) is 14.6. The summed E-state index contributed by atoms with van der Waals surface area (Å²) in [7, 11) is 1.75. The predicted octanol–water partition coefficient (Wildman–Crippen LogP) is 1.93. The van der Waals surface area contributed by atoms with Gasteiger partial charge >= 0.3 is 0 Å². The van der Waals surface area contributed by atoms with Crippen LogP contribution in [0.5, 0.6) is 0 Å². The minimum absolute atomic E-state index is 0.0424. The van der Waals surface area contributed by atoms with Crippen LogP contribution in [0.15, 0.2) is 35.4 Å². The Bertz CT molecular complexity index is 1200. The Morgan fingerprint density at radius 1 is 1.27 bits per heavy atom. The number of fused-ring (bicyclic) bond motifs is 3. The van der Waals surface area contributed by atoms with Crippen LogP contribution in [-0.2, 0) is 11.8 Å². The van der Waals surface area contributed by atoms with Gasteiger partial charge in [0.25, 0.3) is 5.56 Å². The second kappa shape index (κ2) is 5.50. The van der Waals surface area contributed by atoms with E-state index in [2.05, 4.69) is 15.3 Å². The molecule has 1 unspecified atom stereocenters. The molecule has 8 nitrogen and oxygen atoms in total. The van der Waals surface area contributed by atoms with E-state index in [4.69, 9.17) is 4.74 Å². The monoisotopic (exact) mass is 350 g/mol. The van der Waals surface area contributed by atoms with Crippen molar-refractivity contribution in [3.05, 3.63) is 52.3 Å². The summed E-state index contributed by atoms with van der Waals surface area (Å²) < 4.78 is 11.1. The van der Waals surface area contributed by atoms with Crippen LogP contribution in [0.25, 0.3) is 22.4 Å². The predicted molar refractivity (Wildman–Crippen MR) is 95.5 cm³/mol. The van der Waals surface area contributed by atoms with Crippen LogP contribution >= 0.6 is 0 Å². The molecule has 1 saturated heterocycles. The Balaban J connectivity index is 1.84. The standard InChI is InChI=1S/C18H18N6O2/c1-11-15(14-8-5-9-26-14)24(21-20-11)16-17-22(2)18(25)12-6-3-4-7-13(12)23(17)10-19-16/h3-4,6-7,10,14H,5,8-9H2,1-2H3. The number of hydrogen-bond acceptors (Lipinski definition) is 5. The molecule has 5 rings (SSSR count). The fourth-order valence-electron chi connectivity index (χ4n) is 3.79. The molecule has 132 valence electrons. The van der Waals surface area contributed by atoms with E-state index in [1.54, 1.807) is 22.6 Å². The van der Waals surface area contributed by atoms with Crippen molar-refractivity contribution in [3.8, 4) is 5.82 Å². The van der Waals surface area contributed by atoms with Gasteiger partial charge in [-0.1, -0.05) is 17.3 Å². The first-order chi connectivity index (χ1) is 12.7. The molecule has 1 aliphatic rings. The van der Waals surface area contributed by atoms with Crippen molar-refractivity contribution < 1.29 is 4.74 Å². The number of benzene rings is 1. The highest BCUT2D eigenvalue weighted by Crippen LogP contribution is 2.31. The number of imidazole rings is 1. The van der Waals surface area contributed by atoms with Crippen LogP contribution in [0.3, 0.4) is 0 Å². The molecule has 0 amide bonds. The van der Waals surface area contributed by atoms with Crippen molar-refractivity contribution in [1.82, 2.24) is 28.9 Å². The largest absolute Gasteiger partial charge is 0.372 e. The molecule has 0 radical (unpaired) electrons. The van der Waals surface area contributed by atoms with Crippen LogP contribution in [0.4, 0.5) is 0 Å². The van der Waals surface area contributed by atoms with E-state index in [9.17, 15) is 4.79 Å². The van der Waals surface area contributed by atoms with Gasteiger partial charge in [0, 0.05) is 13.7 Å². The average molecular weight is 350 g/mol. The third kappa shape index (κ3) is 1.99. The Labute approximate surface area is 148 Å². The molecular weight excluding hydrogens is 332 g/mol. The minimum atomic E-state index is -0.0645. The van der Waals surface area contributed by atoms with Crippen molar-refractivity contribution in [2.24, 2.45) is 7.05 Å². The summed E-state index contributed by atoms with van der Waals surface area (Å²) in [5, 5.41) is 9.19. The van der Waals surface area contributed by atoms with Gasteiger partial charge in [-0.25, -0.2) is 4.98 Å². The molecule has 1 aromatic carbocycles. The molecule has 1 aliphatic heterocycles. The van der Waals surface area contributed by atoms with E-state index >= 15 is 0 Å². The molecule has 1 fully saturated rings. The molecule has 0 bridgehead atoms. The van der Waals surface area contributed by atoms with Crippen molar-refractivity contribution in [3.63, 3.8) is 0 Å². The zero-order valence-corrected chi connectivity index (χ0v) is 14.6. The number of aryl methyl sites for hydroxylation is 2. The normalized spacial score (nSPS) is 17.5. The maximum atomic E-state index is 12.8. The average Bonchev–Trinajstić information content (AvgIpc) is 3.38. The third-order valence-electron chi connectivity index (χ3n) is 5.06. The summed E-state index contributed by atoms with van der Waals surface area (Å²) in [6, 6.07) is 7.53. The van der Waals surface area contributed by atoms with Gasteiger partial charge in [-0.3, -0.25) is 13.8 Å². The summed E-state index contributed by atoms with van der Waals surface area (Å²) in [5.41, 5.74) is 3.16.